The third-order valence-corrected chi connectivity index (χ3v) is 4.26. The lowest BCUT2D eigenvalue weighted by Crippen LogP contribution is -2.57. The molecule has 1 aromatic rings. The van der Waals surface area contributed by atoms with Gasteiger partial charge in [0.1, 0.15) is 5.69 Å². The summed E-state index contributed by atoms with van der Waals surface area (Å²) in [5, 5.41) is 2.75. The Morgan fingerprint density at radius 1 is 1.33 bits per heavy atom. The molecule has 0 saturated heterocycles. The summed E-state index contributed by atoms with van der Waals surface area (Å²) in [6.45, 7) is 0.457. The van der Waals surface area contributed by atoms with Gasteiger partial charge in [0.15, 0.2) is 11.6 Å². The van der Waals surface area contributed by atoms with Gasteiger partial charge in [-0.1, -0.05) is 0 Å². The Morgan fingerprint density at radius 3 is 2.29 bits per heavy atom. The number of hydrazine groups is 1. The Morgan fingerprint density at radius 2 is 1.90 bits per heavy atom. The number of hydrogen-bond acceptors (Lipinski definition) is 4. The number of nitrogen functional groups attached to an aromatic ring is 1. The van der Waals surface area contributed by atoms with E-state index in [1.54, 1.807) is 0 Å². The van der Waals surface area contributed by atoms with Crippen molar-refractivity contribution in [1.29, 1.82) is 0 Å². The zero-order chi connectivity index (χ0) is 15.6. The molecule has 116 valence electrons. The number of nitrogens with one attached hydrogen (secondary N) is 2. The van der Waals surface area contributed by atoms with Crippen LogP contribution in [-0.2, 0) is 0 Å². The minimum absolute atomic E-state index is 0.0501. The normalized spacial score (nSPS) is 16.5. The van der Waals surface area contributed by atoms with Gasteiger partial charge in [-0.2, -0.15) is 0 Å². The zero-order valence-corrected chi connectivity index (χ0v) is 12.2. The molecule has 0 unspecified atom stereocenters. The average Bonchev–Trinajstić information content (AvgIpc) is 2.36. The molecule has 0 heterocycles. The van der Waals surface area contributed by atoms with Crippen LogP contribution in [0.2, 0.25) is 0 Å². The molecule has 0 aliphatic heterocycles. The van der Waals surface area contributed by atoms with Crippen molar-refractivity contribution in [3.8, 4) is 0 Å². The van der Waals surface area contributed by atoms with Gasteiger partial charge in [0.05, 0.1) is 0 Å². The van der Waals surface area contributed by atoms with E-state index in [2.05, 4.69) is 10.2 Å². The lowest BCUT2D eigenvalue weighted by Gasteiger charge is -2.47. The van der Waals surface area contributed by atoms with Crippen LogP contribution in [0.5, 0.6) is 0 Å². The van der Waals surface area contributed by atoms with Crippen molar-refractivity contribution < 1.29 is 13.6 Å². The molecule has 0 bridgehead atoms. The maximum atomic E-state index is 13.6. The Bertz CT molecular complexity index is 521. The first-order chi connectivity index (χ1) is 9.89. The van der Waals surface area contributed by atoms with E-state index in [9.17, 15) is 13.6 Å². The molecule has 1 aromatic carbocycles. The molecule has 5 nitrogen and oxygen atoms in total. The summed E-state index contributed by atoms with van der Waals surface area (Å²) in [7, 11) is 3.93. The molecule has 1 fully saturated rings. The largest absolute Gasteiger partial charge is 0.350 e. The highest BCUT2D eigenvalue weighted by Crippen LogP contribution is 2.35. The van der Waals surface area contributed by atoms with Crippen LogP contribution in [0.1, 0.15) is 29.6 Å². The lowest BCUT2D eigenvalue weighted by atomic mass is 9.75. The molecule has 4 N–H and O–H groups in total. The van der Waals surface area contributed by atoms with Crippen LogP contribution in [0.3, 0.4) is 0 Å². The van der Waals surface area contributed by atoms with Crippen LogP contribution < -0.4 is 16.6 Å². The number of nitrogens with zero attached hydrogens (tertiary/aromatic N) is 1. The molecule has 0 atom stereocenters. The van der Waals surface area contributed by atoms with E-state index in [0.717, 1.165) is 31.4 Å². The van der Waals surface area contributed by atoms with Crippen LogP contribution in [0, 0.1) is 11.6 Å². The predicted octanol–water partition coefficient (Wildman–Crippen LogP) is 1.46. The molecule has 0 radical (unpaired) electrons. The van der Waals surface area contributed by atoms with Crippen molar-refractivity contribution in [3.63, 3.8) is 0 Å². The molecule has 2 rings (SSSR count). The van der Waals surface area contributed by atoms with Crippen molar-refractivity contribution in [2.75, 3.05) is 26.1 Å². The monoisotopic (exact) mass is 298 g/mol. The number of rotatable bonds is 5. The van der Waals surface area contributed by atoms with Gasteiger partial charge in [-0.3, -0.25) is 10.6 Å². The van der Waals surface area contributed by atoms with E-state index in [1.807, 2.05) is 19.5 Å². The van der Waals surface area contributed by atoms with Crippen molar-refractivity contribution in [2.24, 2.45) is 5.84 Å². The Kier molecular flexibility index (Phi) is 4.43. The summed E-state index contributed by atoms with van der Waals surface area (Å²) in [4.78, 5) is 14.1. The second-order valence-corrected chi connectivity index (χ2v) is 5.61. The van der Waals surface area contributed by atoms with E-state index >= 15 is 0 Å². The molecule has 0 spiro atoms. The minimum atomic E-state index is -0.895. The van der Waals surface area contributed by atoms with Crippen LogP contribution in [0.25, 0.3) is 0 Å². The number of carbonyl (C=O) groups is 1. The van der Waals surface area contributed by atoms with Gasteiger partial charge in [0.25, 0.3) is 5.91 Å². The van der Waals surface area contributed by atoms with Crippen LogP contribution in [-0.4, -0.2) is 37.0 Å². The van der Waals surface area contributed by atoms with E-state index in [0.29, 0.717) is 6.54 Å². The van der Waals surface area contributed by atoms with Crippen LogP contribution in [0.4, 0.5) is 14.5 Å². The molecule has 1 saturated carbocycles. The zero-order valence-electron chi connectivity index (χ0n) is 12.2. The topological polar surface area (TPSA) is 70.4 Å². The number of nitrogens with two attached hydrogens (primary N) is 1. The van der Waals surface area contributed by atoms with E-state index < -0.39 is 23.2 Å². The first-order valence-electron chi connectivity index (χ1n) is 6.81. The highest BCUT2D eigenvalue weighted by atomic mass is 19.1. The maximum absolute atomic E-state index is 13.6. The van der Waals surface area contributed by atoms with Gasteiger partial charge in [0, 0.05) is 17.6 Å². The molecular formula is C14H20F2N4O. The summed E-state index contributed by atoms with van der Waals surface area (Å²) in [5.74, 6) is 2.73. The van der Waals surface area contributed by atoms with E-state index in [4.69, 9.17) is 5.84 Å². The molecule has 1 amide bonds. The molecule has 21 heavy (non-hydrogen) atoms. The highest BCUT2D eigenvalue weighted by Gasteiger charge is 2.39. The van der Waals surface area contributed by atoms with Crippen LogP contribution >= 0.6 is 0 Å². The van der Waals surface area contributed by atoms with Gasteiger partial charge in [-0.15, -0.1) is 0 Å². The van der Waals surface area contributed by atoms with Gasteiger partial charge in [0.2, 0.25) is 0 Å². The van der Waals surface area contributed by atoms with Gasteiger partial charge < -0.3 is 15.6 Å². The first-order valence-corrected chi connectivity index (χ1v) is 6.81. The predicted molar refractivity (Wildman–Crippen MR) is 76.8 cm³/mol. The molecule has 0 aromatic heterocycles. The number of benzene rings is 1. The average molecular weight is 298 g/mol. The van der Waals surface area contributed by atoms with Crippen molar-refractivity contribution >= 4 is 11.6 Å². The Hall–Kier alpha value is -1.73. The number of carbonyl (C=O) groups excluding carboxylic acids is 1. The summed E-state index contributed by atoms with van der Waals surface area (Å²) < 4.78 is 27.2. The SMILES string of the molecule is CN(C)C1(CNC(=O)c2cc(F)c(NN)c(F)c2)CCC1. The molecule has 1 aliphatic carbocycles. The smallest absolute Gasteiger partial charge is 0.251 e. The second kappa shape index (κ2) is 5.95. The fourth-order valence-corrected chi connectivity index (χ4v) is 2.56. The summed E-state index contributed by atoms with van der Waals surface area (Å²) in [5.41, 5.74) is 1.37. The van der Waals surface area contributed by atoms with Crippen molar-refractivity contribution in [1.82, 2.24) is 10.2 Å². The fourth-order valence-electron chi connectivity index (χ4n) is 2.56. The van der Waals surface area contributed by atoms with Gasteiger partial charge >= 0.3 is 0 Å². The quantitative estimate of drug-likeness (QED) is 0.568. The number of likely N-dealkylation sites (N-methyl/N-ethyl adjacent to an activating group) is 1. The lowest BCUT2D eigenvalue weighted by molar-refractivity contribution is 0.0557. The number of hydrogen-bond donors (Lipinski definition) is 3. The maximum Gasteiger partial charge on any atom is 0.251 e. The highest BCUT2D eigenvalue weighted by molar-refractivity contribution is 5.94. The van der Waals surface area contributed by atoms with Gasteiger partial charge in [-0.25, -0.2) is 8.78 Å². The standard InChI is InChI=1S/C14H20F2N4O/c1-20(2)14(4-3-5-14)8-18-13(21)9-6-10(15)12(19-17)11(16)7-9/h6-7,19H,3-5,8,17H2,1-2H3,(H,18,21). The summed E-state index contributed by atoms with van der Waals surface area (Å²) >= 11 is 0. The van der Waals surface area contributed by atoms with Crippen molar-refractivity contribution in [3.05, 3.63) is 29.3 Å². The Balaban J connectivity index is 2.07. The third-order valence-electron chi connectivity index (χ3n) is 4.26. The van der Waals surface area contributed by atoms with E-state index in [-0.39, 0.29) is 11.1 Å². The number of anilines is 1. The van der Waals surface area contributed by atoms with Crippen LogP contribution in [0.15, 0.2) is 12.1 Å². The van der Waals surface area contributed by atoms with Crippen molar-refractivity contribution in [2.45, 2.75) is 24.8 Å². The Labute approximate surface area is 122 Å². The summed E-state index contributed by atoms with van der Waals surface area (Å²) in [6, 6.07) is 1.94. The number of halogens is 2. The molecule has 1 aliphatic rings. The minimum Gasteiger partial charge on any atom is -0.350 e. The fraction of sp³-hybridized carbons (Fsp3) is 0.500. The third kappa shape index (κ3) is 2.98. The molecular weight excluding hydrogens is 278 g/mol. The second-order valence-electron chi connectivity index (χ2n) is 5.61. The first kappa shape index (κ1) is 15.7. The number of amides is 1. The van der Waals surface area contributed by atoms with Gasteiger partial charge in [-0.05, 0) is 45.5 Å². The molecule has 7 heteroatoms. The summed E-state index contributed by atoms with van der Waals surface area (Å²) in [6.07, 6.45) is 3.12. The van der Waals surface area contributed by atoms with E-state index in [1.165, 1.54) is 0 Å².